The van der Waals surface area contributed by atoms with Crippen molar-refractivity contribution in [2.24, 2.45) is 0 Å². The number of ether oxygens (including phenoxy) is 3. The monoisotopic (exact) mass is 380 g/mol. The number of hydrogen-bond acceptors (Lipinski definition) is 6. The molecule has 0 atom stereocenters. The number of nitrogen functional groups attached to an aromatic ring is 1. The summed E-state index contributed by atoms with van der Waals surface area (Å²) in [6.45, 7) is 0.0435. The van der Waals surface area contributed by atoms with Crippen LogP contribution in [0.1, 0.15) is 0 Å². The van der Waals surface area contributed by atoms with Gasteiger partial charge in [-0.25, -0.2) is 9.67 Å². The van der Waals surface area contributed by atoms with Gasteiger partial charge in [0.2, 0.25) is 0 Å². The molecule has 0 spiro atoms. The highest BCUT2D eigenvalue weighted by atomic mass is 19.4. The lowest BCUT2D eigenvalue weighted by atomic mass is 10.2. The summed E-state index contributed by atoms with van der Waals surface area (Å²) in [5, 5.41) is 4.32. The third-order valence-electron chi connectivity index (χ3n) is 3.43. The third kappa shape index (κ3) is 4.67. The average molecular weight is 380 g/mol. The maximum Gasteiger partial charge on any atom is 0.573 e. The summed E-state index contributed by atoms with van der Waals surface area (Å²) in [5.74, 6) is 0.511. The summed E-state index contributed by atoms with van der Waals surface area (Å²) >= 11 is 0. The van der Waals surface area contributed by atoms with Crippen molar-refractivity contribution >= 4 is 5.69 Å². The molecule has 3 aromatic rings. The van der Waals surface area contributed by atoms with Gasteiger partial charge in [-0.05, 0) is 42.5 Å². The number of hydrogen-bond donors (Lipinski definition) is 1. The first-order valence-corrected chi connectivity index (χ1v) is 7.65. The predicted molar refractivity (Wildman–Crippen MR) is 90.4 cm³/mol. The Kier molecular flexibility index (Phi) is 5.17. The summed E-state index contributed by atoms with van der Waals surface area (Å²) in [4.78, 5) is 4.21. The van der Waals surface area contributed by atoms with Crippen LogP contribution >= 0.6 is 0 Å². The molecule has 0 aliphatic rings. The highest BCUT2D eigenvalue weighted by Gasteiger charge is 2.31. The molecular weight excluding hydrogens is 365 g/mol. The zero-order chi connectivity index (χ0) is 19.4. The molecule has 2 N–H and O–H groups in total. The fraction of sp³-hybridized carbons (Fsp3) is 0.176. The lowest BCUT2D eigenvalue weighted by Gasteiger charge is -2.09. The van der Waals surface area contributed by atoms with E-state index in [0.29, 0.717) is 28.5 Å². The highest BCUT2D eigenvalue weighted by Crippen LogP contribution is 2.28. The number of alkyl halides is 3. The van der Waals surface area contributed by atoms with Gasteiger partial charge in [-0.1, -0.05) is 0 Å². The van der Waals surface area contributed by atoms with Gasteiger partial charge in [-0.15, -0.1) is 18.3 Å². The molecule has 1 heterocycles. The number of nitrogens with zero attached hydrogens (tertiary/aromatic N) is 3. The van der Waals surface area contributed by atoms with E-state index in [4.69, 9.17) is 15.2 Å². The maximum atomic E-state index is 12.2. The number of rotatable bonds is 6. The Morgan fingerprint density at radius 3 is 2.52 bits per heavy atom. The van der Waals surface area contributed by atoms with Crippen molar-refractivity contribution in [1.29, 1.82) is 0 Å². The quantitative estimate of drug-likeness (QED) is 0.521. The van der Waals surface area contributed by atoms with E-state index in [1.165, 1.54) is 42.4 Å². The third-order valence-corrected chi connectivity index (χ3v) is 3.43. The van der Waals surface area contributed by atoms with E-state index in [1.807, 2.05) is 0 Å². The van der Waals surface area contributed by atoms with E-state index in [1.54, 1.807) is 18.2 Å². The van der Waals surface area contributed by atoms with E-state index < -0.39 is 6.36 Å². The molecule has 0 saturated carbocycles. The van der Waals surface area contributed by atoms with Gasteiger partial charge >= 0.3 is 6.36 Å². The van der Waals surface area contributed by atoms with Crippen LogP contribution in [0, 0.1) is 0 Å². The first-order valence-electron chi connectivity index (χ1n) is 7.65. The minimum Gasteiger partial charge on any atom is -0.465 e. The SMILES string of the molecule is COCOc1cc(-c2ncn(-c3ccc(OC(F)(F)F)cc3)n2)ccc1N. The second-order valence-electron chi connectivity index (χ2n) is 5.36. The zero-order valence-electron chi connectivity index (χ0n) is 14.1. The molecule has 0 unspecified atom stereocenters. The fourth-order valence-corrected chi connectivity index (χ4v) is 2.24. The Balaban J connectivity index is 1.80. The van der Waals surface area contributed by atoms with Crippen molar-refractivity contribution in [3.63, 3.8) is 0 Å². The van der Waals surface area contributed by atoms with E-state index in [2.05, 4.69) is 14.8 Å². The molecule has 142 valence electrons. The molecule has 0 saturated heterocycles. The summed E-state index contributed by atoms with van der Waals surface area (Å²) in [6, 6.07) is 10.3. The van der Waals surface area contributed by atoms with Crippen LogP contribution in [0.3, 0.4) is 0 Å². The number of nitrogens with two attached hydrogens (primary N) is 1. The molecule has 0 fully saturated rings. The van der Waals surface area contributed by atoms with Crippen LogP contribution in [-0.2, 0) is 4.74 Å². The largest absolute Gasteiger partial charge is 0.573 e. The van der Waals surface area contributed by atoms with E-state index in [-0.39, 0.29) is 12.5 Å². The minimum atomic E-state index is -4.74. The highest BCUT2D eigenvalue weighted by molar-refractivity contribution is 5.65. The van der Waals surface area contributed by atoms with Crippen molar-refractivity contribution in [2.75, 3.05) is 19.6 Å². The van der Waals surface area contributed by atoms with Gasteiger partial charge in [-0.2, -0.15) is 0 Å². The van der Waals surface area contributed by atoms with Gasteiger partial charge < -0.3 is 19.9 Å². The Morgan fingerprint density at radius 2 is 1.85 bits per heavy atom. The Bertz CT molecular complexity index is 911. The Labute approximate surface area is 152 Å². The molecule has 27 heavy (non-hydrogen) atoms. The molecule has 2 aromatic carbocycles. The first-order chi connectivity index (χ1) is 12.9. The van der Waals surface area contributed by atoms with Gasteiger partial charge in [0.15, 0.2) is 12.6 Å². The second-order valence-corrected chi connectivity index (χ2v) is 5.36. The van der Waals surface area contributed by atoms with Gasteiger partial charge in [0.05, 0.1) is 11.4 Å². The smallest absolute Gasteiger partial charge is 0.465 e. The standard InChI is InChI=1S/C17H15F3N4O3/c1-25-10-26-15-8-11(2-7-14(15)21)16-22-9-24(23-16)12-3-5-13(6-4-12)27-17(18,19)20/h2-9H,10,21H2,1H3. The van der Waals surface area contributed by atoms with Crippen LogP contribution in [0.15, 0.2) is 48.8 Å². The average Bonchev–Trinajstić information content (AvgIpc) is 3.10. The van der Waals surface area contributed by atoms with Crippen LogP contribution in [0.2, 0.25) is 0 Å². The molecule has 3 rings (SSSR count). The molecular formula is C17H15F3N4O3. The van der Waals surface area contributed by atoms with Gasteiger partial charge in [0.1, 0.15) is 17.8 Å². The topological polar surface area (TPSA) is 84.4 Å². The molecule has 1 aromatic heterocycles. The van der Waals surface area contributed by atoms with Crippen molar-refractivity contribution < 1.29 is 27.4 Å². The molecule has 0 bridgehead atoms. The number of halogens is 3. The molecule has 0 aliphatic heterocycles. The van der Waals surface area contributed by atoms with Crippen molar-refractivity contribution in [1.82, 2.24) is 14.8 Å². The number of anilines is 1. The zero-order valence-corrected chi connectivity index (χ0v) is 14.1. The Hall–Kier alpha value is -3.27. The maximum absolute atomic E-state index is 12.2. The minimum absolute atomic E-state index is 0.0435. The van der Waals surface area contributed by atoms with Gasteiger partial charge in [-0.3, -0.25) is 0 Å². The summed E-state index contributed by atoms with van der Waals surface area (Å²) in [7, 11) is 1.49. The normalized spacial score (nSPS) is 11.4. The van der Waals surface area contributed by atoms with E-state index in [0.717, 1.165) is 0 Å². The summed E-state index contributed by atoms with van der Waals surface area (Å²) in [5.41, 5.74) is 7.47. The molecule has 0 radical (unpaired) electrons. The van der Waals surface area contributed by atoms with Gasteiger partial charge in [0, 0.05) is 12.7 Å². The van der Waals surface area contributed by atoms with E-state index in [9.17, 15) is 13.2 Å². The lowest BCUT2D eigenvalue weighted by molar-refractivity contribution is -0.274. The van der Waals surface area contributed by atoms with Crippen molar-refractivity contribution in [3.8, 4) is 28.6 Å². The second kappa shape index (κ2) is 7.54. The first kappa shape index (κ1) is 18.5. The molecule has 7 nitrogen and oxygen atoms in total. The van der Waals surface area contributed by atoms with Crippen LogP contribution in [0.4, 0.5) is 18.9 Å². The van der Waals surface area contributed by atoms with Crippen LogP contribution < -0.4 is 15.2 Å². The fourth-order valence-electron chi connectivity index (χ4n) is 2.24. The van der Waals surface area contributed by atoms with Crippen LogP contribution in [0.5, 0.6) is 11.5 Å². The molecule has 10 heteroatoms. The van der Waals surface area contributed by atoms with Crippen LogP contribution in [-0.4, -0.2) is 35.0 Å². The van der Waals surface area contributed by atoms with Crippen LogP contribution in [0.25, 0.3) is 17.1 Å². The number of benzene rings is 2. The van der Waals surface area contributed by atoms with Crippen molar-refractivity contribution in [3.05, 3.63) is 48.8 Å². The summed E-state index contributed by atoms with van der Waals surface area (Å²) in [6.07, 6.45) is -3.29. The predicted octanol–water partition coefficient (Wildman–Crippen LogP) is 3.40. The Morgan fingerprint density at radius 1 is 1.11 bits per heavy atom. The van der Waals surface area contributed by atoms with Crippen molar-refractivity contribution in [2.45, 2.75) is 6.36 Å². The lowest BCUT2D eigenvalue weighted by Crippen LogP contribution is -2.17. The van der Waals surface area contributed by atoms with Gasteiger partial charge in [0.25, 0.3) is 0 Å². The van der Waals surface area contributed by atoms with E-state index >= 15 is 0 Å². The molecule has 0 aliphatic carbocycles. The molecule has 0 amide bonds. The summed E-state index contributed by atoms with van der Waals surface area (Å²) < 4.78 is 52.2. The number of aromatic nitrogens is 3. The number of methoxy groups -OCH3 is 1.